The molecule has 0 amide bonds. The van der Waals surface area contributed by atoms with Gasteiger partial charge in [-0.3, -0.25) is 4.99 Å². The van der Waals surface area contributed by atoms with Gasteiger partial charge in [-0.05, 0) is 25.2 Å². The minimum Gasteiger partial charge on any atom is -0.478 e. The molecule has 0 bridgehead atoms. The molecule has 0 spiro atoms. The molecule has 0 aromatic heterocycles. The Kier molecular flexibility index (Phi) is 1.84. The minimum absolute atomic E-state index is 0.425. The zero-order chi connectivity index (χ0) is 7.68. The number of fused-ring (bicyclic) bond motifs is 1. The molecule has 62 valence electrons. The van der Waals surface area contributed by atoms with Crippen molar-refractivity contribution in [3.05, 3.63) is 0 Å². The van der Waals surface area contributed by atoms with Crippen LogP contribution < -0.4 is 0 Å². The fourth-order valence-electron chi connectivity index (χ4n) is 2.07. The van der Waals surface area contributed by atoms with Gasteiger partial charge < -0.3 is 4.74 Å². The first-order valence-electron chi connectivity index (χ1n) is 4.57. The molecule has 3 atom stereocenters. The van der Waals surface area contributed by atoms with Gasteiger partial charge in [0.05, 0.1) is 6.04 Å². The summed E-state index contributed by atoms with van der Waals surface area (Å²) < 4.78 is 5.40. The van der Waals surface area contributed by atoms with Crippen molar-refractivity contribution >= 4 is 6.40 Å². The van der Waals surface area contributed by atoms with E-state index in [-0.39, 0.29) is 0 Å². The molecule has 2 unspecified atom stereocenters. The highest BCUT2D eigenvalue weighted by Gasteiger charge is 2.32. The molecule has 1 aliphatic heterocycles. The number of hydrogen-bond acceptors (Lipinski definition) is 2. The molecule has 1 aliphatic carbocycles. The second-order valence-electron chi connectivity index (χ2n) is 3.58. The molecule has 0 aromatic carbocycles. The van der Waals surface area contributed by atoms with E-state index < -0.39 is 0 Å². The predicted octanol–water partition coefficient (Wildman–Crippen LogP) is 1.99. The van der Waals surface area contributed by atoms with Crippen LogP contribution in [0.1, 0.15) is 32.6 Å². The number of aliphatic imine (C=N–C) groups is 1. The average Bonchev–Trinajstić information content (AvgIpc) is 2.50. The third-order valence-corrected chi connectivity index (χ3v) is 2.93. The number of hydrogen-bond donors (Lipinski definition) is 0. The molecule has 0 N–H and O–H groups in total. The lowest BCUT2D eigenvalue weighted by Crippen LogP contribution is -2.30. The molecule has 1 saturated carbocycles. The zero-order valence-corrected chi connectivity index (χ0v) is 6.99. The van der Waals surface area contributed by atoms with E-state index in [0.717, 1.165) is 5.92 Å². The van der Waals surface area contributed by atoms with Crippen LogP contribution in [0.25, 0.3) is 0 Å². The van der Waals surface area contributed by atoms with E-state index in [1.807, 2.05) is 0 Å². The first kappa shape index (κ1) is 7.14. The second-order valence-corrected chi connectivity index (χ2v) is 3.58. The van der Waals surface area contributed by atoms with E-state index in [0.29, 0.717) is 12.1 Å². The first-order chi connectivity index (χ1) is 5.40. The highest BCUT2D eigenvalue weighted by Crippen LogP contribution is 2.32. The fourth-order valence-corrected chi connectivity index (χ4v) is 2.07. The Morgan fingerprint density at radius 3 is 3.27 bits per heavy atom. The van der Waals surface area contributed by atoms with E-state index in [1.54, 1.807) is 6.40 Å². The monoisotopic (exact) mass is 153 g/mol. The zero-order valence-electron chi connectivity index (χ0n) is 6.99. The normalized spacial score (nSPS) is 41.7. The number of rotatable bonds is 1. The van der Waals surface area contributed by atoms with Crippen LogP contribution in [0.15, 0.2) is 4.99 Å². The number of ether oxygens (including phenoxy) is 1. The van der Waals surface area contributed by atoms with Crippen LogP contribution in [0.5, 0.6) is 0 Å². The summed E-state index contributed by atoms with van der Waals surface area (Å²) in [6, 6.07) is 0.498. The van der Waals surface area contributed by atoms with Crippen molar-refractivity contribution in [3.63, 3.8) is 0 Å². The van der Waals surface area contributed by atoms with Crippen LogP contribution in [0, 0.1) is 5.92 Å². The van der Waals surface area contributed by atoms with Gasteiger partial charge in [-0.1, -0.05) is 13.3 Å². The van der Waals surface area contributed by atoms with Gasteiger partial charge in [-0.2, -0.15) is 0 Å². The van der Waals surface area contributed by atoms with Crippen LogP contribution in [0.2, 0.25) is 0 Å². The van der Waals surface area contributed by atoms with Gasteiger partial charge in [0.1, 0.15) is 6.10 Å². The standard InChI is InChI=1S/C9H15NO/c1-2-7-3-4-8-9(5-7)11-6-10-8/h6-9H,2-5H2,1H3/t7?,8?,9-/m0/s1. The number of nitrogens with zero attached hydrogens (tertiary/aromatic N) is 1. The molecule has 11 heavy (non-hydrogen) atoms. The van der Waals surface area contributed by atoms with Gasteiger partial charge in [-0.25, -0.2) is 0 Å². The molecule has 0 aromatic rings. The van der Waals surface area contributed by atoms with Crippen LogP contribution >= 0.6 is 0 Å². The lowest BCUT2D eigenvalue weighted by molar-refractivity contribution is 0.123. The molecule has 0 radical (unpaired) electrons. The van der Waals surface area contributed by atoms with Gasteiger partial charge in [0.2, 0.25) is 0 Å². The van der Waals surface area contributed by atoms with Crippen LogP contribution in [0.3, 0.4) is 0 Å². The van der Waals surface area contributed by atoms with Crippen LogP contribution in [-0.2, 0) is 4.74 Å². The highest BCUT2D eigenvalue weighted by atomic mass is 16.5. The fraction of sp³-hybridized carbons (Fsp3) is 0.889. The minimum atomic E-state index is 0.425. The molecule has 2 heteroatoms. The Morgan fingerprint density at radius 1 is 1.55 bits per heavy atom. The largest absolute Gasteiger partial charge is 0.478 e. The van der Waals surface area contributed by atoms with Gasteiger partial charge >= 0.3 is 0 Å². The van der Waals surface area contributed by atoms with Gasteiger partial charge in [0.15, 0.2) is 6.40 Å². The van der Waals surface area contributed by atoms with Gasteiger partial charge in [-0.15, -0.1) is 0 Å². The van der Waals surface area contributed by atoms with Crippen molar-refractivity contribution < 1.29 is 4.74 Å². The van der Waals surface area contributed by atoms with E-state index in [9.17, 15) is 0 Å². The summed E-state index contributed by atoms with van der Waals surface area (Å²) in [5, 5.41) is 0. The van der Waals surface area contributed by atoms with E-state index in [4.69, 9.17) is 4.74 Å². The maximum absolute atomic E-state index is 5.40. The molecule has 0 saturated heterocycles. The van der Waals surface area contributed by atoms with Crippen LogP contribution in [-0.4, -0.2) is 18.5 Å². The SMILES string of the molecule is CCC1CCC2N=CO[C@H]2C1. The van der Waals surface area contributed by atoms with E-state index in [2.05, 4.69) is 11.9 Å². The first-order valence-corrected chi connectivity index (χ1v) is 4.57. The Morgan fingerprint density at radius 2 is 2.45 bits per heavy atom. The molecule has 2 nitrogen and oxygen atoms in total. The van der Waals surface area contributed by atoms with Crippen molar-refractivity contribution in [2.45, 2.75) is 44.8 Å². The van der Waals surface area contributed by atoms with Gasteiger partial charge in [0.25, 0.3) is 0 Å². The van der Waals surface area contributed by atoms with Crippen molar-refractivity contribution in [2.75, 3.05) is 0 Å². The summed E-state index contributed by atoms with van der Waals surface area (Å²) >= 11 is 0. The summed E-state index contributed by atoms with van der Waals surface area (Å²) in [6.45, 7) is 2.26. The summed E-state index contributed by atoms with van der Waals surface area (Å²) in [4.78, 5) is 4.28. The lowest BCUT2D eigenvalue weighted by atomic mass is 9.83. The summed E-state index contributed by atoms with van der Waals surface area (Å²) in [7, 11) is 0. The summed E-state index contributed by atoms with van der Waals surface area (Å²) in [5.41, 5.74) is 0. The Balaban J connectivity index is 1.94. The quantitative estimate of drug-likeness (QED) is 0.564. The van der Waals surface area contributed by atoms with Crippen LogP contribution in [0.4, 0.5) is 0 Å². The highest BCUT2D eigenvalue weighted by molar-refractivity contribution is 5.50. The summed E-state index contributed by atoms with van der Waals surface area (Å²) in [6.07, 6.45) is 7.17. The topological polar surface area (TPSA) is 21.6 Å². The third kappa shape index (κ3) is 1.26. The molecule has 2 aliphatic rings. The maximum atomic E-state index is 5.40. The van der Waals surface area contributed by atoms with Crippen molar-refractivity contribution in [3.8, 4) is 0 Å². The molecule has 1 fully saturated rings. The lowest BCUT2D eigenvalue weighted by Gasteiger charge is -2.28. The summed E-state index contributed by atoms with van der Waals surface area (Å²) in [5.74, 6) is 0.887. The Hall–Kier alpha value is -0.530. The van der Waals surface area contributed by atoms with E-state index >= 15 is 0 Å². The Labute approximate surface area is 67.7 Å². The maximum Gasteiger partial charge on any atom is 0.170 e. The van der Waals surface area contributed by atoms with Crippen molar-refractivity contribution in [1.29, 1.82) is 0 Å². The molecular formula is C9H15NO. The van der Waals surface area contributed by atoms with Crippen molar-refractivity contribution in [2.24, 2.45) is 10.9 Å². The van der Waals surface area contributed by atoms with E-state index in [1.165, 1.54) is 25.7 Å². The second kappa shape index (κ2) is 2.84. The average molecular weight is 153 g/mol. The smallest absolute Gasteiger partial charge is 0.170 e. The molecule has 1 heterocycles. The molecule has 2 rings (SSSR count). The van der Waals surface area contributed by atoms with Crippen molar-refractivity contribution in [1.82, 2.24) is 0 Å². The molecular weight excluding hydrogens is 138 g/mol. The Bertz CT molecular complexity index is 167. The predicted molar refractivity (Wildman–Crippen MR) is 44.8 cm³/mol. The van der Waals surface area contributed by atoms with Gasteiger partial charge in [0, 0.05) is 0 Å². The third-order valence-electron chi connectivity index (χ3n) is 2.93.